The van der Waals surface area contributed by atoms with E-state index in [0.29, 0.717) is 16.5 Å². The number of aromatic nitrogens is 2. The maximum atomic E-state index is 11.5. The Bertz CT molecular complexity index is 845. The SMILES string of the molecule is CC(C)(N)c1ccc(-c2ccc3[nH]ncc3c2[N+](=O)[O-])cc1. The van der Waals surface area contributed by atoms with Crippen LogP contribution in [0.25, 0.3) is 22.0 Å². The van der Waals surface area contributed by atoms with E-state index in [-0.39, 0.29) is 10.6 Å². The Hall–Kier alpha value is -2.73. The number of hydrogen-bond acceptors (Lipinski definition) is 4. The average Bonchev–Trinajstić information content (AvgIpc) is 2.93. The van der Waals surface area contributed by atoms with Crippen LogP contribution in [0.4, 0.5) is 5.69 Å². The highest BCUT2D eigenvalue weighted by Gasteiger charge is 2.21. The van der Waals surface area contributed by atoms with Gasteiger partial charge in [-0.3, -0.25) is 15.2 Å². The highest BCUT2D eigenvalue weighted by molar-refractivity contribution is 5.95. The maximum Gasteiger partial charge on any atom is 0.288 e. The molecule has 3 N–H and O–H groups in total. The van der Waals surface area contributed by atoms with Crippen LogP contribution in [-0.2, 0) is 5.54 Å². The Balaban J connectivity index is 2.17. The van der Waals surface area contributed by atoms with Crippen molar-refractivity contribution < 1.29 is 4.92 Å². The number of nitrogens with zero attached hydrogens (tertiary/aromatic N) is 2. The smallest absolute Gasteiger partial charge is 0.288 e. The summed E-state index contributed by atoms with van der Waals surface area (Å²) in [6.45, 7) is 3.84. The van der Waals surface area contributed by atoms with Gasteiger partial charge in [-0.1, -0.05) is 24.3 Å². The van der Waals surface area contributed by atoms with Crippen molar-refractivity contribution in [2.24, 2.45) is 5.73 Å². The lowest BCUT2D eigenvalue weighted by Crippen LogP contribution is -2.28. The first-order valence-corrected chi connectivity index (χ1v) is 6.88. The first-order valence-electron chi connectivity index (χ1n) is 6.88. The average molecular weight is 296 g/mol. The lowest BCUT2D eigenvalue weighted by atomic mass is 9.93. The van der Waals surface area contributed by atoms with Crippen LogP contribution < -0.4 is 5.73 Å². The van der Waals surface area contributed by atoms with E-state index < -0.39 is 5.54 Å². The van der Waals surface area contributed by atoms with Crippen LogP contribution in [0.5, 0.6) is 0 Å². The lowest BCUT2D eigenvalue weighted by molar-refractivity contribution is -0.382. The predicted octanol–water partition coefficient (Wildman–Crippen LogP) is 3.33. The summed E-state index contributed by atoms with van der Waals surface area (Å²) in [4.78, 5) is 11.1. The molecule has 0 spiro atoms. The minimum Gasteiger partial charge on any atom is -0.322 e. The minimum atomic E-state index is -0.445. The third kappa shape index (κ3) is 2.33. The molecule has 6 heteroatoms. The van der Waals surface area contributed by atoms with Gasteiger partial charge in [-0.25, -0.2) is 0 Å². The molecule has 6 nitrogen and oxygen atoms in total. The summed E-state index contributed by atoms with van der Waals surface area (Å²) < 4.78 is 0. The van der Waals surface area contributed by atoms with E-state index in [9.17, 15) is 10.1 Å². The zero-order chi connectivity index (χ0) is 15.9. The Labute approximate surface area is 127 Å². The number of aromatic amines is 1. The van der Waals surface area contributed by atoms with Crippen molar-refractivity contribution in [3.8, 4) is 11.1 Å². The van der Waals surface area contributed by atoms with E-state index in [4.69, 9.17) is 5.73 Å². The van der Waals surface area contributed by atoms with E-state index in [2.05, 4.69) is 10.2 Å². The molecule has 112 valence electrons. The fourth-order valence-corrected chi connectivity index (χ4v) is 2.51. The van der Waals surface area contributed by atoms with Gasteiger partial charge in [0.25, 0.3) is 5.69 Å². The number of nitrogens with one attached hydrogen (secondary N) is 1. The van der Waals surface area contributed by atoms with Crippen molar-refractivity contribution in [3.63, 3.8) is 0 Å². The van der Waals surface area contributed by atoms with E-state index in [1.165, 1.54) is 6.20 Å². The third-order valence-electron chi connectivity index (χ3n) is 3.72. The van der Waals surface area contributed by atoms with Crippen LogP contribution in [0, 0.1) is 10.1 Å². The molecule has 3 rings (SSSR count). The van der Waals surface area contributed by atoms with E-state index in [1.807, 2.05) is 38.1 Å². The highest BCUT2D eigenvalue weighted by atomic mass is 16.6. The van der Waals surface area contributed by atoms with E-state index in [1.54, 1.807) is 12.1 Å². The second kappa shape index (κ2) is 4.92. The molecule has 3 aromatic rings. The standard InChI is InChI=1S/C16H16N4O2/c1-16(2,17)11-5-3-10(4-6-11)12-7-8-14-13(9-18-19-14)15(12)20(21)22/h3-9H,17H2,1-2H3,(H,18,19). The summed E-state index contributed by atoms with van der Waals surface area (Å²) >= 11 is 0. The number of H-pyrrole nitrogens is 1. The Morgan fingerprint density at radius 2 is 1.86 bits per heavy atom. The van der Waals surface area contributed by atoms with Gasteiger partial charge in [0, 0.05) is 5.54 Å². The molecule has 1 aromatic heterocycles. The molecule has 0 aliphatic heterocycles. The second-order valence-electron chi connectivity index (χ2n) is 5.85. The van der Waals surface area contributed by atoms with Gasteiger partial charge in [-0.2, -0.15) is 5.10 Å². The van der Waals surface area contributed by atoms with Crippen molar-refractivity contribution in [1.82, 2.24) is 10.2 Å². The van der Waals surface area contributed by atoms with Crippen molar-refractivity contribution >= 4 is 16.6 Å². The molecular formula is C16H16N4O2. The normalized spacial score (nSPS) is 11.8. The monoisotopic (exact) mass is 296 g/mol. The molecular weight excluding hydrogens is 280 g/mol. The molecule has 0 radical (unpaired) electrons. The summed E-state index contributed by atoms with van der Waals surface area (Å²) in [5, 5.41) is 18.6. The molecule has 0 saturated heterocycles. The number of nitrogens with two attached hydrogens (primary N) is 1. The number of fused-ring (bicyclic) bond motifs is 1. The Kier molecular flexibility index (Phi) is 3.18. The highest BCUT2D eigenvalue weighted by Crippen LogP contribution is 2.36. The number of nitro groups is 1. The molecule has 0 saturated carbocycles. The van der Waals surface area contributed by atoms with Gasteiger partial charge in [-0.15, -0.1) is 0 Å². The molecule has 1 heterocycles. The number of benzene rings is 2. The van der Waals surface area contributed by atoms with Crippen molar-refractivity contribution in [3.05, 3.63) is 58.3 Å². The van der Waals surface area contributed by atoms with Gasteiger partial charge in [0.15, 0.2) is 0 Å². The van der Waals surface area contributed by atoms with Crippen molar-refractivity contribution in [2.75, 3.05) is 0 Å². The first-order chi connectivity index (χ1) is 10.4. The molecule has 0 unspecified atom stereocenters. The Morgan fingerprint density at radius 1 is 1.18 bits per heavy atom. The van der Waals surface area contributed by atoms with Crippen LogP contribution in [0.1, 0.15) is 19.4 Å². The van der Waals surface area contributed by atoms with Gasteiger partial charge >= 0.3 is 0 Å². The van der Waals surface area contributed by atoms with Crippen LogP contribution in [0.3, 0.4) is 0 Å². The first kappa shape index (κ1) is 14.2. The topological polar surface area (TPSA) is 97.8 Å². The van der Waals surface area contributed by atoms with Crippen LogP contribution in [-0.4, -0.2) is 15.1 Å². The number of nitro benzene ring substituents is 1. The fraction of sp³-hybridized carbons (Fsp3) is 0.188. The van der Waals surface area contributed by atoms with Gasteiger partial charge < -0.3 is 5.73 Å². The van der Waals surface area contributed by atoms with Crippen molar-refractivity contribution in [1.29, 1.82) is 0 Å². The number of rotatable bonds is 3. The summed E-state index contributed by atoms with van der Waals surface area (Å²) in [5.41, 5.74) is 8.65. The molecule has 2 aromatic carbocycles. The van der Waals surface area contributed by atoms with Gasteiger partial charge in [-0.05, 0) is 37.1 Å². The lowest BCUT2D eigenvalue weighted by Gasteiger charge is -2.19. The summed E-state index contributed by atoms with van der Waals surface area (Å²) in [6.07, 6.45) is 1.48. The molecule has 0 aliphatic rings. The summed E-state index contributed by atoms with van der Waals surface area (Å²) in [6, 6.07) is 11.1. The Morgan fingerprint density at radius 3 is 2.45 bits per heavy atom. The zero-order valence-electron chi connectivity index (χ0n) is 12.3. The molecule has 22 heavy (non-hydrogen) atoms. The van der Waals surface area contributed by atoms with Crippen LogP contribution in [0.2, 0.25) is 0 Å². The molecule has 0 fully saturated rings. The third-order valence-corrected chi connectivity index (χ3v) is 3.72. The molecule has 0 amide bonds. The quantitative estimate of drug-likeness (QED) is 0.572. The summed E-state index contributed by atoms with van der Waals surface area (Å²) in [5.74, 6) is 0. The number of hydrogen-bond donors (Lipinski definition) is 2. The molecule has 0 atom stereocenters. The van der Waals surface area contributed by atoms with Crippen molar-refractivity contribution in [2.45, 2.75) is 19.4 Å². The maximum absolute atomic E-state index is 11.5. The minimum absolute atomic E-state index is 0.0611. The zero-order valence-corrected chi connectivity index (χ0v) is 12.3. The molecule has 0 bridgehead atoms. The second-order valence-corrected chi connectivity index (χ2v) is 5.85. The van der Waals surface area contributed by atoms with E-state index >= 15 is 0 Å². The van der Waals surface area contributed by atoms with Gasteiger partial charge in [0.1, 0.15) is 0 Å². The fourth-order valence-electron chi connectivity index (χ4n) is 2.51. The van der Waals surface area contributed by atoms with Gasteiger partial charge in [0.05, 0.1) is 27.6 Å². The largest absolute Gasteiger partial charge is 0.322 e. The predicted molar refractivity (Wildman–Crippen MR) is 85.4 cm³/mol. The molecule has 0 aliphatic carbocycles. The van der Waals surface area contributed by atoms with Crippen LogP contribution >= 0.6 is 0 Å². The van der Waals surface area contributed by atoms with Gasteiger partial charge in [0.2, 0.25) is 0 Å². The van der Waals surface area contributed by atoms with Crippen LogP contribution in [0.15, 0.2) is 42.6 Å². The summed E-state index contributed by atoms with van der Waals surface area (Å²) in [7, 11) is 0. The van der Waals surface area contributed by atoms with E-state index in [0.717, 1.165) is 11.1 Å².